The third kappa shape index (κ3) is 3.51. The lowest BCUT2D eigenvalue weighted by atomic mass is 10.2. The third-order valence-electron chi connectivity index (χ3n) is 4.79. The molecular weight excluding hydrogens is 364 g/mol. The molecule has 0 saturated carbocycles. The van der Waals surface area contributed by atoms with Gasteiger partial charge in [-0.25, -0.2) is 8.42 Å². The van der Waals surface area contributed by atoms with Gasteiger partial charge in [-0.1, -0.05) is 30.5 Å². The van der Waals surface area contributed by atoms with Crippen molar-refractivity contribution >= 4 is 15.7 Å². The van der Waals surface area contributed by atoms with Crippen molar-refractivity contribution in [2.24, 2.45) is 0 Å². The summed E-state index contributed by atoms with van der Waals surface area (Å²) in [6.07, 6.45) is 5.78. The van der Waals surface area contributed by atoms with E-state index in [1.807, 2.05) is 11.8 Å². The van der Waals surface area contributed by atoms with Crippen molar-refractivity contribution in [2.45, 2.75) is 42.5 Å². The van der Waals surface area contributed by atoms with Crippen molar-refractivity contribution in [2.75, 3.05) is 18.0 Å². The predicted molar refractivity (Wildman–Crippen MR) is 102 cm³/mol. The van der Waals surface area contributed by atoms with E-state index in [2.05, 4.69) is 4.98 Å². The van der Waals surface area contributed by atoms with E-state index in [-0.39, 0.29) is 15.8 Å². The summed E-state index contributed by atoms with van der Waals surface area (Å²) in [6, 6.07) is 10.2. The topological polar surface area (TPSA) is 76.5 Å². The Kier molecular flexibility index (Phi) is 4.78. The summed E-state index contributed by atoms with van der Waals surface area (Å²) in [5.74, 6) is 0.908. The molecule has 1 aromatic carbocycles. The maximum atomic E-state index is 13.3. The first-order valence-electron chi connectivity index (χ1n) is 9.17. The monoisotopic (exact) mass is 386 g/mol. The number of benzene rings is 1. The van der Waals surface area contributed by atoms with Crippen molar-refractivity contribution in [1.29, 1.82) is 0 Å². The second-order valence-corrected chi connectivity index (χ2v) is 8.69. The van der Waals surface area contributed by atoms with Crippen molar-refractivity contribution in [1.82, 2.24) is 4.98 Å². The Bertz CT molecular complexity index is 997. The molecular formula is C20H22N2O4S. The molecule has 6 nitrogen and oxygen atoms in total. The highest BCUT2D eigenvalue weighted by molar-refractivity contribution is 7.91. The van der Waals surface area contributed by atoms with Crippen LogP contribution in [0, 0.1) is 6.92 Å². The summed E-state index contributed by atoms with van der Waals surface area (Å²) >= 11 is 0. The van der Waals surface area contributed by atoms with Gasteiger partial charge in [-0.2, -0.15) is 4.98 Å². The number of nitrogens with zero attached hydrogens (tertiary/aromatic N) is 2. The van der Waals surface area contributed by atoms with Gasteiger partial charge in [-0.15, -0.1) is 0 Å². The van der Waals surface area contributed by atoms with Crippen LogP contribution in [0.4, 0.5) is 5.88 Å². The fourth-order valence-electron chi connectivity index (χ4n) is 3.28. The summed E-state index contributed by atoms with van der Waals surface area (Å²) in [5.41, 5.74) is 0.998. The number of furan rings is 1. The van der Waals surface area contributed by atoms with E-state index in [9.17, 15) is 8.42 Å². The standard InChI is InChI=1S/C20H22N2O4S/c1-15-8-10-16(11-9-15)27(23,24)19-20(22-12-4-2-3-5-13-22)26-18(21-19)17-7-6-14-25-17/h6-11,14H,2-5,12-13H2,1H3. The molecule has 0 spiro atoms. The zero-order valence-electron chi connectivity index (χ0n) is 15.2. The predicted octanol–water partition coefficient (Wildman–Crippen LogP) is 4.46. The molecule has 142 valence electrons. The second kappa shape index (κ2) is 7.23. The summed E-state index contributed by atoms with van der Waals surface area (Å²) in [5, 5.41) is -0.0420. The molecule has 0 N–H and O–H groups in total. The maximum absolute atomic E-state index is 13.3. The first kappa shape index (κ1) is 17.9. The van der Waals surface area contributed by atoms with E-state index in [4.69, 9.17) is 8.83 Å². The van der Waals surface area contributed by atoms with E-state index >= 15 is 0 Å². The molecule has 0 bridgehead atoms. The van der Waals surface area contributed by atoms with E-state index < -0.39 is 9.84 Å². The van der Waals surface area contributed by atoms with E-state index in [0.717, 1.165) is 44.3 Å². The minimum absolute atomic E-state index is 0.0420. The average Bonchev–Trinajstić information content (AvgIpc) is 3.27. The van der Waals surface area contributed by atoms with Crippen LogP contribution in [-0.4, -0.2) is 26.5 Å². The molecule has 3 heterocycles. The minimum Gasteiger partial charge on any atom is -0.459 e. The Hall–Kier alpha value is -2.54. The molecule has 27 heavy (non-hydrogen) atoms. The van der Waals surface area contributed by atoms with Gasteiger partial charge in [-0.3, -0.25) is 0 Å². The zero-order chi connectivity index (χ0) is 18.9. The molecule has 3 aromatic rings. The van der Waals surface area contributed by atoms with Crippen LogP contribution in [0.2, 0.25) is 0 Å². The molecule has 0 radical (unpaired) electrons. The van der Waals surface area contributed by atoms with Gasteiger partial charge in [0.05, 0.1) is 11.2 Å². The molecule has 0 atom stereocenters. The molecule has 1 saturated heterocycles. The number of anilines is 1. The van der Waals surface area contributed by atoms with Gasteiger partial charge in [-0.05, 0) is 44.0 Å². The van der Waals surface area contributed by atoms with Gasteiger partial charge in [0, 0.05) is 13.1 Å². The highest BCUT2D eigenvalue weighted by Gasteiger charge is 2.32. The molecule has 7 heteroatoms. The molecule has 0 aliphatic carbocycles. The molecule has 4 rings (SSSR count). The Labute approximate surface area is 158 Å². The number of oxazole rings is 1. The summed E-state index contributed by atoms with van der Waals surface area (Å²) < 4.78 is 37.9. The van der Waals surface area contributed by atoms with Crippen LogP contribution in [0.15, 0.2) is 61.4 Å². The zero-order valence-corrected chi connectivity index (χ0v) is 16.0. The molecule has 1 aliphatic rings. The van der Waals surface area contributed by atoms with Crippen LogP contribution >= 0.6 is 0 Å². The summed E-state index contributed by atoms with van der Waals surface area (Å²) in [6.45, 7) is 3.43. The lowest BCUT2D eigenvalue weighted by Crippen LogP contribution is -2.25. The Balaban J connectivity index is 1.83. The number of hydrogen-bond donors (Lipinski definition) is 0. The largest absolute Gasteiger partial charge is 0.459 e. The number of sulfone groups is 1. The molecule has 1 aliphatic heterocycles. The van der Waals surface area contributed by atoms with Crippen LogP contribution < -0.4 is 4.90 Å². The lowest BCUT2D eigenvalue weighted by Gasteiger charge is -2.20. The maximum Gasteiger partial charge on any atom is 0.266 e. The van der Waals surface area contributed by atoms with Crippen LogP contribution in [-0.2, 0) is 9.84 Å². The smallest absolute Gasteiger partial charge is 0.266 e. The fraction of sp³-hybridized carbons (Fsp3) is 0.350. The van der Waals surface area contributed by atoms with Gasteiger partial charge in [0.2, 0.25) is 20.7 Å². The third-order valence-corrected chi connectivity index (χ3v) is 6.46. The van der Waals surface area contributed by atoms with Crippen molar-refractivity contribution in [3.63, 3.8) is 0 Å². The summed E-state index contributed by atoms with van der Waals surface area (Å²) in [4.78, 5) is 6.54. The lowest BCUT2D eigenvalue weighted by molar-refractivity contribution is 0.507. The van der Waals surface area contributed by atoms with Gasteiger partial charge < -0.3 is 13.7 Å². The van der Waals surface area contributed by atoms with Crippen LogP contribution in [0.5, 0.6) is 0 Å². The highest BCUT2D eigenvalue weighted by Crippen LogP contribution is 2.35. The first-order valence-corrected chi connectivity index (χ1v) is 10.7. The SMILES string of the molecule is Cc1ccc(S(=O)(=O)c2nc(-c3ccco3)oc2N2CCCCCC2)cc1. The fourth-order valence-corrected chi connectivity index (χ4v) is 4.60. The second-order valence-electron chi connectivity index (χ2n) is 6.82. The van der Waals surface area contributed by atoms with Crippen molar-refractivity contribution in [3.8, 4) is 11.7 Å². The number of rotatable bonds is 4. The van der Waals surface area contributed by atoms with E-state index in [0.29, 0.717) is 11.6 Å². The first-order chi connectivity index (χ1) is 13.1. The number of aromatic nitrogens is 1. The van der Waals surface area contributed by atoms with Crippen LogP contribution in [0.25, 0.3) is 11.7 Å². The van der Waals surface area contributed by atoms with Gasteiger partial charge in [0.15, 0.2) is 5.76 Å². The Morgan fingerprint density at radius 2 is 1.70 bits per heavy atom. The molecule has 0 amide bonds. The van der Waals surface area contributed by atoms with Crippen molar-refractivity contribution in [3.05, 3.63) is 48.2 Å². The quantitative estimate of drug-likeness (QED) is 0.659. The van der Waals surface area contributed by atoms with Gasteiger partial charge >= 0.3 is 0 Å². The number of aryl methyl sites for hydroxylation is 1. The Morgan fingerprint density at radius 3 is 2.33 bits per heavy atom. The molecule has 0 unspecified atom stereocenters. The number of hydrogen-bond acceptors (Lipinski definition) is 6. The molecule has 2 aromatic heterocycles. The highest BCUT2D eigenvalue weighted by atomic mass is 32.2. The van der Waals surface area contributed by atoms with Gasteiger partial charge in [0.25, 0.3) is 5.89 Å². The van der Waals surface area contributed by atoms with E-state index in [1.54, 1.807) is 36.4 Å². The minimum atomic E-state index is -3.81. The average molecular weight is 386 g/mol. The van der Waals surface area contributed by atoms with Crippen molar-refractivity contribution < 1.29 is 17.3 Å². The normalized spacial score (nSPS) is 15.7. The van der Waals surface area contributed by atoms with E-state index in [1.165, 1.54) is 6.26 Å². The van der Waals surface area contributed by atoms with Crippen LogP contribution in [0.3, 0.4) is 0 Å². The van der Waals surface area contributed by atoms with Crippen LogP contribution in [0.1, 0.15) is 31.2 Å². The molecule has 1 fully saturated rings. The van der Waals surface area contributed by atoms with Gasteiger partial charge in [0.1, 0.15) is 0 Å². The summed E-state index contributed by atoms with van der Waals surface area (Å²) in [7, 11) is -3.81. The Morgan fingerprint density at radius 1 is 1.00 bits per heavy atom.